The van der Waals surface area contributed by atoms with E-state index in [1.165, 1.54) is 0 Å². The summed E-state index contributed by atoms with van der Waals surface area (Å²) in [5, 5.41) is 9.81. The van der Waals surface area contributed by atoms with Gasteiger partial charge in [0, 0.05) is 0 Å². The smallest absolute Gasteiger partial charge is 0.128 e. The van der Waals surface area contributed by atoms with Crippen molar-refractivity contribution in [2.75, 3.05) is 0 Å². The lowest BCUT2D eigenvalue weighted by Crippen LogP contribution is -2.40. The molecule has 0 aliphatic heterocycles. The molecule has 0 aliphatic carbocycles. The van der Waals surface area contributed by atoms with Crippen molar-refractivity contribution in [1.29, 1.82) is 0 Å². The largest absolute Gasteiger partial charge is 0.495 e. The van der Waals surface area contributed by atoms with Crippen LogP contribution in [0, 0.1) is 5.92 Å². The first-order valence-corrected chi connectivity index (χ1v) is 4.76. The molecular weight excluding hydrogens is 164 g/mol. The van der Waals surface area contributed by atoms with Gasteiger partial charge < -0.3 is 9.84 Å². The molecule has 0 aliphatic rings. The van der Waals surface area contributed by atoms with Crippen molar-refractivity contribution in [1.82, 2.24) is 0 Å². The highest BCUT2D eigenvalue weighted by Gasteiger charge is 2.30. The second-order valence-electron chi connectivity index (χ2n) is 4.65. The monoisotopic (exact) mass is 186 g/mol. The fourth-order valence-electron chi connectivity index (χ4n) is 1.35. The van der Waals surface area contributed by atoms with Crippen LogP contribution in [-0.2, 0) is 4.74 Å². The lowest BCUT2D eigenvalue weighted by Gasteiger charge is -2.31. The number of aliphatic hydroxyl groups is 1. The Morgan fingerprint density at radius 1 is 1.31 bits per heavy atom. The zero-order valence-electron chi connectivity index (χ0n) is 9.59. The molecule has 0 radical (unpaired) electrons. The average molecular weight is 186 g/mol. The van der Waals surface area contributed by atoms with Gasteiger partial charge in [0.25, 0.3) is 0 Å². The fourth-order valence-corrected chi connectivity index (χ4v) is 1.35. The van der Waals surface area contributed by atoms with Gasteiger partial charge in [-0.1, -0.05) is 13.8 Å². The van der Waals surface area contributed by atoms with Crippen LogP contribution in [0.25, 0.3) is 0 Å². The molecular formula is C11H22O2. The second-order valence-corrected chi connectivity index (χ2v) is 4.65. The number of allylic oxidation sites excluding steroid dienone is 1. The van der Waals surface area contributed by atoms with Crippen molar-refractivity contribution in [3.05, 3.63) is 11.8 Å². The summed E-state index contributed by atoms with van der Waals surface area (Å²) in [5.41, 5.74) is 0.315. The van der Waals surface area contributed by atoms with Crippen molar-refractivity contribution >= 4 is 0 Å². The molecule has 0 aromatic rings. The van der Waals surface area contributed by atoms with Gasteiger partial charge in [-0.3, -0.25) is 0 Å². The minimum absolute atomic E-state index is 0.151. The Morgan fingerprint density at radius 3 is 2.00 bits per heavy atom. The number of hydrogen-bond acceptors (Lipinski definition) is 2. The lowest BCUT2D eigenvalue weighted by atomic mass is 9.92. The summed E-state index contributed by atoms with van der Waals surface area (Å²) in [6.45, 7) is 11.6. The Bertz CT molecular complexity index is 171. The maximum absolute atomic E-state index is 9.81. The summed E-state index contributed by atoms with van der Waals surface area (Å²) < 4.78 is 5.52. The molecule has 0 unspecified atom stereocenters. The fraction of sp³-hybridized carbons (Fsp3) is 0.818. The topological polar surface area (TPSA) is 29.5 Å². The Kier molecular flexibility index (Phi) is 4.48. The minimum atomic E-state index is -0.792. The summed E-state index contributed by atoms with van der Waals surface area (Å²) in [6, 6.07) is 0. The van der Waals surface area contributed by atoms with Crippen molar-refractivity contribution in [3.8, 4) is 0 Å². The molecule has 0 fully saturated rings. The molecule has 2 heteroatoms. The van der Waals surface area contributed by atoms with E-state index >= 15 is 0 Å². The SMILES string of the molecule is CC(C)=CO[C@@H](C(C)C)C(C)(C)O. The predicted octanol–water partition coefficient (Wildman–Crippen LogP) is 2.72. The standard InChI is InChI=1S/C11H22O2/c1-8(2)7-13-10(9(3)4)11(5,6)12/h7,9-10,12H,1-6H3/t10-/m0/s1. The van der Waals surface area contributed by atoms with E-state index in [0.29, 0.717) is 5.92 Å². The van der Waals surface area contributed by atoms with Crippen molar-refractivity contribution in [2.45, 2.75) is 53.2 Å². The van der Waals surface area contributed by atoms with Gasteiger partial charge in [-0.05, 0) is 39.2 Å². The highest BCUT2D eigenvalue weighted by Crippen LogP contribution is 2.20. The van der Waals surface area contributed by atoms with E-state index in [4.69, 9.17) is 4.74 Å². The van der Waals surface area contributed by atoms with Crippen LogP contribution in [0.1, 0.15) is 41.5 Å². The maximum atomic E-state index is 9.81. The van der Waals surface area contributed by atoms with Gasteiger partial charge in [0.15, 0.2) is 0 Å². The molecule has 1 N–H and O–H groups in total. The molecule has 0 aromatic carbocycles. The molecule has 0 amide bonds. The highest BCUT2D eigenvalue weighted by atomic mass is 16.5. The summed E-state index contributed by atoms with van der Waals surface area (Å²) in [7, 11) is 0. The Labute approximate surface area is 81.6 Å². The summed E-state index contributed by atoms with van der Waals surface area (Å²) in [4.78, 5) is 0. The zero-order valence-corrected chi connectivity index (χ0v) is 9.59. The zero-order chi connectivity index (χ0) is 10.6. The number of hydrogen-bond donors (Lipinski definition) is 1. The molecule has 2 nitrogen and oxygen atoms in total. The van der Waals surface area contributed by atoms with Gasteiger partial charge in [-0.25, -0.2) is 0 Å². The molecule has 0 heterocycles. The van der Waals surface area contributed by atoms with E-state index in [0.717, 1.165) is 5.57 Å². The molecule has 78 valence electrons. The quantitative estimate of drug-likeness (QED) is 0.684. The van der Waals surface area contributed by atoms with Gasteiger partial charge in [0.1, 0.15) is 6.10 Å². The minimum Gasteiger partial charge on any atom is -0.495 e. The predicted molar refractivity (Wildman–Crippen MR) is 55.4 cm³/mol. The van der Waals surface area contributed by atoms with Crippen LogP contribution in [-0.4, -0.2) is 16.8 Å². The Morgan fingerprint density at radius 2 is 1.77 bits per heavy atom. The number of rotatable bonds is 4. The summed E-state index contributed by atoms with van der Waals surface area (Å²) >= 11 is 0. The van der Waals surface area contributed by atoms with Crippen LogP contribution in [0.4, 0.5) is 0 Å². The van der Waals surface area contributed by atoms with Gasteiger partial charge >= 0.3 is 0 Å². The molecule has 0 saturated carbocycles. The van der Waals surface area contributed by atoms with Gasteiger partial charge in [0.05, 0.1) is 11.9 Å². The van der Waals surface area contributed by atoms with Gasteiger partial charge in [0.2, 0.25) is 0 Å². The molecule has 0 bridgehead atoms. The van der Waals surface area contributed by atoms with E-state index in [1.807, 2.05) is 27.7 Å². The highest BCUT2D eigenvalue weighted by molar-refractivity contribution is 4.90. The van der Waals surface area contributed by atoms with E-state index in [1.54, 1.807) is 20.1 Å². The van der Waals surface area contributed by atoms with Crippen LogP contribution < -0.4 is 0 Å². The third-order valence-electron chi connectivity index (χ3n) is 1.75. The van der Waals surface area contributed by atoms with Gasteiger partial charge in [-0.15, -0.1) is 0 Å². The Hall–Kier alpha value is -0.500. The summed E-state index contributed by atoms with van der Waals surface area (Å²) in [5.74, 6) is 0.301. The van der Waals surface area contributed by atoms with Crippen LogP contribution in [0.15, 0.2) is 11.8 Å². The van der Waals surface area contributed by atoms with Crippen molar-refractivity contribution in [2.24, 2.45) is 5.92 Å². The second kappa shape index (κ2) is 4.66. The third-order valence-corrected chi connectivity index (χ3v) is 1.75. The van der Waals surface area contributed by atoms with Crippen LogP contribution >= 0.6 is 0 Å². The van der Waals surface area contributed by atoms with Gasteiger partial charge in [-0.2, -0.15) is 0 Å². The molecule has 0 rings (SSSR count). The van der Waals surface area contributed by atoms with E-state index < -0.39 is 5.60 Å². The maximum Gasteiger partial charge on any atom is 0.128 e. The average Bonchev–Trinajstić information content (AvgIpc) is 1.81. The first-order valence-electron chi connectivity index (χ1n) is 4.76. The van der Waals surface area contributed by atoms with E-state index in [2.05, 4.69) is 0 Å². The summed E-state index contributed by atoms with van der Waals surface area (Å²) in [6.07, 6.45) is 1.56. The van der Waals surface area contributed by atoms with Crippen LogP contribution in [0.5, 0.6) is 0 Å². The molecule has 0 aromatic heterocycles. The lowest BCUT2D eigenvalue weighted by molar-refractivity contribution is -0.0764. The van der Waals surface area contributed by atoms with Crippen LogP contribution in [0.2, 0.25) is 0 Å². The van der Waals surface area contributed by atoms with E-state index in [-0.39, 0.29) is 6.10 Å². The first kappa shape index (κ1) is 12.5. The molecule has 0 spiro atoms. The van der Waals surface area contributed by atoms with Crippen molar-refractivity contribution in [3.63, 3.8) is 0 Å². The molecule has 0 saturated heterocycles. The molecule has 1 atom stereocenters. The molecule has 13 heavy (non-hydrogen) atoms. The number of ether oxygens (including phenoxy) is 1. The van der Waals surface area contributed by atoms with Crippen LogP contribution in [0.3, 0.4) is 0 Å². The third kappa shape index (κ3) is 4.94. The first-order chi connectivity index (χ1) is 5.75. The van der Waals surface area contributed by atoms with E-state index in [9.17, 15) is 5.11 Å². The normalized spacial score (nSPS) is 14.2. The van der Waals surface area contributed by atoms with Crippen molar-refractivity contribution < 1.29 is 9.84 Å². The Balaban J connectivity index is 4.37.